The molecule has 0 aliphatic heterocycles. The fraction of sp³-hybridized carbons (Fsp3) is 0.111. The summed E-state index contributed by atoms with van der Waals surface area (Å²) >= 11 is 5.71. The molecular weight excluding hydrogens is 202 g/mol. The minimum atomic E-state index is -0.228. The molecule has 74 valence electrons. The van der Waals surface area contributed by atoms with Crippen molar-refractivity contribution >= 4 is 29.4 Å². The third kappa shape index (κ3) is 3.06. The number of hydrogen-bond acceptors (Lipinski definition) is 3. The van der Waals surface area contributed by atoms with Crippen molar-refractivity contribution in [2.75, 3.05) is 5.73 Å². The normalized spacial score (nSPS) is 10.4. The Balaban J connectivity index is 2.76. The van der Waals surface area contributed by atoms with Crippen molar-refractivity contribution in [3.63, 3.8) is 0 Å². The zero-order valence-corrected chi connectivity index (χ0v) is 8.38. The van der Waals surface area contributed by atoms with Crippen LogP contribution in [0.2, 0.25) is 5.02 Å². The molecule has 1 aromatic carbocycles. The van der Waals surface area contributed by atoms with Gasteiger partial charge in [0.05, 0.1) is 6.21 Å². The second-order valence-corrected chi connectivity index (χ2v) is 3.14. The molecule has 0 spiro atoms. The molecule has 14 heavy (non-hydrogen) atoms. The molecule has 0 bridgehead atoms. The Morgan fingerprint density at radius 3 is 2.93 bits per heavy atom. The van der Waals surface area contributed by atoms with E-state index in [-0.39, 0.29) is 5.91 Å². The van der Waals surface area contributed by atoms with E-state index in [2.05, 4.69) is 10.5 Å². The van der Waals surface area contributed by atoms with Crippen LogP contribution < -0.4 is 11.2 Å². The van der Waals surface area contributed by atoms with E-state index in [4.69, 9.17) is 17.3 Å². The average molecular weight is 212 g/mol. The third-order valence-corrected chi connectivity index (χ3v) is 1.71. The van der Waals surface area contributed by atoms with Gasteiger partial charge in [0, 0.05) is 23.2 Å². The molecule has 0 fully saturated rings. The smallest absolute Gasteiger partial charge is 0.236 e. The first-order valence-corrected chi connectivity index (χ1v) is 4.32. The molecule has 0 aliphatic rings. The number of carbonyl (C=O) groups excluding carboxylic acids is 1. The highest BCUT2D eigenvalue weighted by Gasteiger charge is 1.96. The Morgan fingerprint density at radius 1 is 1.64 bits per heavy atom. The first-order valence-electron chi connectivity index (χ1n) is 3.94. The van der Waals surface area contributed by atoms with Crippen molar-refractivity contribution in [3.05, 3.63) is 28.8 Å². The number of halogens is 1. The van der Waals surface area contributed by atoms with Crippen LogP contribution in [0.25, 0.3) is 0 Å². The van der Waals surface area contributed by atoms with Crippen LogP contribution in [0.5, 0.6) is 0 Å². The molecule has 1 rings (SSSR count). The summed E-state index contributed by atoms with van der Waals surface area (Å²) in [5.74, 6) is -0.228. The van der Waals surface area contributed by atoms with E-state index < -0.39 is 0 Å². The monoisotopic (exact) mass is 211 g/mol. The van der Waals surface area contributed by atoms with Gasteiger partial charge in [-0.3, -0.25) is 4.79 Å². The van der Waals surface area contributed by atoms with Crippen molar-refractivity contribution in [1.29, 1.82) is 0 Å². The van der Waals surface area contributed by atoms with Crippen molar-refractivity contribution in [3.8, 4) is 0 Å². The number of amides is 1. The largest absolute Gasteiger partial charge is 0.398 e. The summed E-state index contributed by atoms with van der Waals surface area (Å²) in [5, 5.41) is 4.25. The Kier molecular flexibility index (Phi) is 3.48. The van der Waals surface area contributed by atoms with Gasteiger partial charge in [-0.2, -0.15) is 5.10 Å². The summed E-state index contributed by atoms with van der Waals surface area (Å²) in [6.45, 7) is 1.38. The Hall–Kier alpha value is -1.55. The van der Waals surface area contributed by atoms with E-state index in [1.807, 2.05) is 0 Å². The molecule has 0 saturated heterocycles. The fourth-order valence-electron chi connectivity index (χ4n) is 0.856. The number of hydrazone groups is 1. The number of nitrogens with two attached hydrogens (primary N) is 1. The molecule has 0 atom stereocenters. The minimum absolute atomic E-state index is 0.228. The number of benzene rings is 1. The van der Waals surface area contributed by atoms with Crippen LogP contribution in [0.4, 0.5) is 5.69 Å². The lowest BCUT2D eigenvalue weighted by atomic mass is 10.2. The van der Waals surface area contributed by atoms with Crippen LogP contribution in [-0.2, 0) is 4.79 Å². The van der Waals surface area contributed by atoms with Gasteiger partial charge in [0.1, 0.15) is 0 Å². The van der Waals surface area contributed by atoms with E-state index in [1.54, 1.807) is 18.2 Å². The molecule has 0 saturated carbocycles. The summed E-state index contributed by atoms with van der Waals surface area (Å²) in [4.78, 5) is 10.5. The predicted octanol–water partition coefficient (Wildman–Crippen LogP) is 1.39. The first kappa shape index (κ1) is 10.5. The summed E-state index contributed by atoms with van der Waals surface area (Å²) < 4.78 is 0. The van der Waals surface area contributed by atoms with Gasteiger partial charge in [-0.25, -0.2) is 5.43 Å². The quantitative estimate of drug-likeness (QED) is 0.441. The molecular formula is C9H10ClN3O. The van der Waals surface area contributed by atoms with Crippen LogP contribution >= 0.6 is 11.6 Å². The standard InChI is InChI=1S/C9H10ClN3O/c1-6(14)13-12-5-7-2-3-8(10)4-9(7)11/h2-5H,11H2,1H3,(H,13,14). The van der Waals surface area contributed by atoms with E-state index in [0.29, 0.717) is 16.3 Å². The van der Waals surface area contributed by atoms with Gasteiger partial charge in [-0.15, -0.1) is 0 Å². The topological polar surface area (TPSA) is 67.5 Å². The number of anilines is 1. The van der Waals surface area contributed by atoms with Gasteiger partial charge in [-0.05, 0) is 18.2 Å². The number of nitrogens with zero attached hydrogens (tertiary/aromatic N) is 1. The molecule has 3 N–H and O–H groups in total. The van der Waals surface area contributed by atoms with Crippen LogP contribution in [0.1, 0.15) is 12.5 Å². The van der Waals surface area contributed by atoms with Gasteiger partial charge in [0.2, 0.25) is 5.91 Å². The van der Waals surface area contributed by atoms with Crippen LogP contribution in [0, 0.1) is 0 Å². The highest BCUT2D eigenvalue weighted by Crippen LogP contribution is 2.15. The Bertz CT molecular complexity index is 376. The maximum Gasteiger partial charge on any atom is 0.236 e. The summed E-state index contributed by atoms with van der Waals surface area (Å²) in [6.07, 6.45) is 1.47. The molecule has 0 radical (unpaired) electrons. The zero-order valence-electron chi connectivity index (χ0n) is 7.62. The minimum Gasteiger partial charge on any atom is -0.398 e. The number of hydrogen-bond donors (Lipinski definition) is 2. The van der Waals surface area contributed by atoms with E-state index in [0.717, 1.165) is 0 Å². The molecule has 0 aliphatic carbocycles. The van der Waals surface area contributed by atoms with E-state index in [9.17, 15) is 4.79 Å². The van der Waals surface area contributed by atoms with Crippen LogP contribution in [0.3, 0.4) is 0 Å². The maximum absolute atomic E-state index is 10.5. The van der Waals surface area contributed by atoms with E-state index in [1.165, 1.54) is 13.1 Å². The fourth-order valence-corrected chi connectivity index (χ4v) is 1.04. The molecule has 4 nitrogen and oxygen atoms in total. The van der Waals surface area contributed by atoms with Gasteiger partial charge >= 0.3 is 0 Å². The van der Waals surface area contributed by atoms with Crippen LogP contribution in [0.15, 0.2) is 23.3 Å². The summed E-state index contributed by atoms with van der Waals surface area (Å²) in [7, 11) is 0. The Labute approximate surface area is 86.7 Å². The third-order valence-electron chi connectivity index (χ3n) is 1.47. The lowest BCUT2D eigenvalue weighted by molar-refractivity contribution is -0.118. The number of carbonyl (C=O) groups is 1. The van der Waals surface area contributed by atoms with Crippen molar-refractivity contribution in [2.24, 2.45) is 5.10 Å². The zero-order chi connectivity index (χ0) is 10.6. The van der Waals surface area contributed by atoms with Crippen molar-refractivity contribution in [2.45, 2.75) is 6.92 Å². The predicted molar refractivity (Wildman–Crippen MR) is 57.3 cm³/mol. The lowest BCUT2D eigenvalue weighted by Gasteiger charge is -1.99. The van der Waals surface area contributed by atoms with Crippen LogP contribution in [-0.4, -0.2) is 12.1 Å². The molecule has 5 heteroatoms. The Morgan fingerprint density at radius 2 is 2.36 bits per heavy atom. The number of nitrogens with one attached hydrogen (secondary N) is 1. The summed E-state index contributed by atoms with van der Waals surface area (Å²) in [6, 6.07) is 5.05. The highest BCUT2D eigenvalue weighted by atomic mass is 35.5. The SMILES string of the molecule is CC(=O)NN=Cc1ccc(Cl)cc1N. The van der Waals surface area contributed by atoms with Crippen molar-refractivity contribution < 1.29 is 4.79 Å². The summed E-state index contributed by atoms with van der Waals surface area (Å²) in [5.41, 5.74) is 9.16. The molecule has 1 amide bonds. The second-order valence-electron chi connectivity index (χ2n) is 2.70. The molecule has 0 aromatic heterocycles. The highest BCUT2D eigenvalue weighted by molar-refractivity contribution is 6.31. The average Bonchev–Trinajstić information content (AvgIpc) is 2.08. The lowest BCUT2D eigenvalue weighted by Crippen LogP contribution is -2.12. The number of nitrogen functional groups attached to an aromatic ring is 1. The van der Waals surface area contributed by atoms with Gasteiger partial charge in [0.25, 0.3) is 0 Å². The van der Waals surface area contributed by atoms with Gasteiger partial charge < -0.3 is 5.73 Å². The van der Waals surface area contributed by atoms with Gasteiger partial charge in [0.15, 0.2) is 0 Å². The van der Waals surface area contributed by atoms with Gasteiger partial charge in [-0.1, -0.05) is 11.6 Å². The number of rotatable bonds is 2. The van der Waals surface area contributed by atoms with E-state index >= 15 is 0 Å². The maximum atomic E-state index is 10.5. The molecule has 0 unspecified atom stereocenters. The molecule has 1 aromatic rings. The second kappa shape index (κ2) is 4.62. The van der Waals surface area contributed by atoms with Crippen molar-refractivity contribution in [1.82, 2.24) is 5.43 Å². The first-order chi connectivity index (χ1) is 6.59. The molecule has 0 heterocycles.